The van der Waals surface area contributed by atoms with Crippen molar-refractivity contribution in [1.29, 1.82) is 0 Å². The number of aliphatic hydroxyl groups is 1. The molecule has 126 valence electrons. The molecule has 3 rings (SSSR count). The van der Waals surface area contributed by atoms with Crippen molar-refractivity contribution in [3.8, 4) is 0 Å². The Morgan fingerprint density at radius 1 is 1.17 bits per heavy atom. The number of aryl methyl sites for hydroxylation is 1. The average molecular weight is 316 g/mol. The zero-order valence-electron chi connectivity index (χ0n) is 14.1. The third-order valence-corrected chi connectivity index (χ3v) is 5.46. The summed E-state index contributed by atoms with van der Waals surface area (Å²) < 4.78 is 0. The number of carbonyl (C=O) groups is 1. The molecule has 1 aromatic rings. The normalized spacial score (nSPS) is 25.2. The van der Waals surface area contributed by atoms with E-state index in [-0.39, 0.29) is 18.4 Å². The smallest absolute Gasteiger partial charge is 0.227 e. The van der Waals surface area contributed by atoms with Gasteiger partial charge in [0.1, 0.15) is 0 Å². The summed E-state index contributed by atoms with van der Waals surface area (Å²) in [5.74, 6) is 0.844. The maximum atomic E-state index is 12.6. The topological polar surface area (TPSA) is 43.8 Å². The van der Waals surface area contributed by atoms with E-state index in [1.165, 1.54) is 31.5 Å². The summed E-state index contributed by atoms with van der Waals surface area (Å²) in [5.41, 5.74) is 2.29. The standard InChI is InChI=1S/C19H28N2O2/c1-15-6-2-3-7-16(15)10-19(23)21-12-17(18(13-21)14-22)11-20-8-4-5-9-20/h2-3,6-7,17-18,22H,4-5,8-14H2,1H3/t17-,18-/m1/s1. The molecule has 0 aromatic heterocycles. The van der Waals surface area contributed by atoms with Crippen molar-refractivity contribution in [2.75, 3.05) is 39.3 Å². The molecule has 0 radical (unpaired) electrons. The molecule has 2 atom stereocenters. The van der Waals surface area contributed by atoms with Crippen LogP contribution in [0, 0.1) is 18.8 Å². The van der Waals surface area contributed by atoms with Gasteiger partial charge in [0.2, 0.25) is 5.91 Å². The van der Waals surface area contributed by atoms with Crippen molar-refractivity contribution in [3.05, 3.63) is 35.4 Å². The van der Waals surface area contributed by atoms with Gasteiger partial charge in [-0.05, 0) is 49.9 Å². The van der Waals surface area contributed by atoms with Gasteiger partial charge >= 0.3 is 0 Å². The molecular weight excluding hydrogens is 288 g/mol. The van der Waals surface area contributed by atoms with Crippen LogP contribution in [0.15, 0.2) is 24.3 Å². The van der Waals surface area contributed by atoms with Crippen LogP contribution in [0.4, 0.5) is 0 Å². The number of hydrogen-bond acceptors (Lipinski definition) is 3. The van der Waals surface area contributed by atoms with Crippen molar-refractivity contribution in [3.63, 3.8) is 0 Å². The molecule has 0 spiro atoms. The second-order valence-corrected chi connectivity index (χ2v) is 7.11. The lowest BCUT2D eigenvalue weighted by Gasteiger charge is -2.23. The monoisotopic (exact) mass is 316 g/mol. The van der Waals surface area contributed by atoms with Gasteiger partial charge in [0.05, 0.1) is 6.42 Å². The van der Waals surface area contributed by atoms with Gasteiger partial charge < -0.3 is 14.9 Å². The Labute approximate surface area is 139 Å². The highest BCUT2D eigenvalue weighted by Crippen LogP contribution is 2.26. The molecule has 2 aliphatic rings. The highest BCUT2D eigenvalue weighted by atomic mass is 16.3. The van der Waals surface area contributed by atoms with Gasteiger partial charge in [0.15, 0.2) is 0 Å². The van der Waals surface area contributed by atoms with Crippen LogP contribution in [0.25, 0.3) is 0 Å². The van der Waals surface area contributed by atoms with Crippen molar-refractivity contribution in [2.45, 2.75) is 26.2 Å². The van der Waals surface area contributed by atoms with Crippen molar-refractivity contribution < 1.29 is 9.90 Å². The fourth-order valence-electron chi connectivity index (χ4n) is 3.94. The zero-order chi connectivity index (χ0) is 16.2. The van der Waals surface area contributed by atoms with Crippen molar-refractivity contribution >= 4 is 5.91 Å². The van der Waals surface area contributed by atoms with E-state index in [0.717, 1.165) is 18.7 Å². The number of rotatable bonds is 5. The summed E-state index contributed by atoms with van der Waals surface area (Å²) in [5, 5.41) is 9.69. The molecule has 1 N–H and O–H groups in total. The number of aliphatic hydroxyl groups excluding tert-OH is 1. The van der Waals surface area contributed by atoms with E-state index < -0.39 is 0 Å². The quantitative estimate of drug-likeness (QED) is 0.899. The second-order valence-electron chi connectivity index (χ2n) is 7.11. The largest absolute Gasteiger partial charge is 0.396 e. The van der Waals surface area contributed by atoms with Gasteiger partial charge in [0, 0.05) is 32.2 Å². The van der Waals surface area contributed by atoms with Crippen LogP contribution in [0.3, 0.4) is 0 Å². The molecule has 23 heavy (non-hydrogen) atoms. The van der Waals surface area contributed by atoms with Gasteiger partial charge in [-0.3, -0.25) is 4.79 Å². The number of benzene rings is 1. The highest BCUT2D eigenvalue weighted by Gasteiger charge is 2.35. The molecule has 2 aliphatic heterocycles. The fraction of sp³-hybridized carbons (Fsp3) is 0.632. The minimum absolute atomic E-state index is 0.187. The lowest BCUT2D eigenvalue weighted by atomic mass is 9.96. The molecule has 0 unspecified atom stereocenters. The van der Waals surface area contributed by atoms with E-state index in [9.17, 15) is 9.90 Å². The van der Waals surface area contributed by atoms with E-state index in [1.54, 1.807) is 0 Å². The Morgan fingerprint density at radius 3 is 2.57 bits per heavy atom. The predicted octanol–water partition coefficient (Wildman–Crippen LogP) is 1.70. The number of hydrogen-bond donors (Lipinski definition) is 1. The van der Waals surface area contributed by atoms with Crippen LogP contribution in [0.2, 0.25) is 0 Å². The van der Waals surface area contributed by atoms with E-state index in [4.69, 9.17) is 0 Å². The summed E-state index contributed by atoms with van der Waals surface area (Å²) in [4.78, 5) is 17.1. The maximum absolute atomic E-state index is 12.6. The van der Waals surface area contributed by atoms with Gasteiger partial charge in [-0.2, -0.15) is 0 Å². The third-order valence-electron chi connectivity index (χ3n) is 5.46. The first-order chi connectivity index (χ1) is 11.2. The van der Waals surface area contributed by atoms with Crippen LogP contribution >= 0.6 is 0 Å². The molecule has 2 heterocycles. The Bertz CT molecular complexity index is 540. The lowest BCUT2D eigenvalue weighted by Crippen LogP contribution is -2.33. The van der Waals surface area contributed by atoms with Crippen LogP contribution in [-0.4, -0.2) is 60.1 Å². The van der Waals surface area contributed by atoms with Crippen LogP contribution in [-0.2, 0) is 11.2 Å². The first-order valence-electron chi connectivity index (χ1n) is 8.83. The van der Waals surface area contributed by atoms with E-state index in [2.05, 4.69) is 17.9 Å². The molecule has 1 aromatic carbocycles. The Balaban J connectivity index is 1.59. The lowest BCUT2D eigenvalue weighted by molar-refractivity contribution is -0.129. The Hall–Kier alpha value is -1.39. The van der Waals surface area contributed by atoms with Crippen LogP contribution in [0.5, 0.6) is 0 Å². The van der Waals surface area contributed by atoms with E-state index in [0.29, 0.717) is 18.9 Å². The first-order valence-corrected chi connectivity index (χ1v) is 8.83. The first kappa shape index (κ1) is 16.5. The molecule has 1 amide bonds. The summed E-state index contributed by atoms with van der Waals surface area (Å²) >= 11 is 0. The third kappa shape index (κ3) is 3.93. The molecule has 4 nitrogen and oxygen atoms in total. The predicted molar refractivity (Wildman–Crippen MR) is 91.2 cm³/mol. The number of carbonyl (C=O) groups excluding carboxylic acids is 1. The van der Waals surface area contributed by atoms with E-state index in [1.807, 2.05) is 23.1 Å². The fourth-order valence-corrected chi connectivity index (χ4v) is 3.94. The molecule has 0 saturated carbocycles. The summed E-state index contributed by atoms with van der Waals surface area (Å²) in [6.45, 7) is 7.12. The van der Waals surface area contributed by atoms with Crippen molar-refractivity contribution in [2.24, 2.45) is 11.8 Å². The van der Waals surface area contributed by atoms with Crippen molar-refractivity contribution in [1.82, 2.24) is 9.80 Å². The van der Waals surface area contributed by atoms with Crippen LogP contribution < -0.4 is 0 Å². The molecule has 2 saturated heterocycles. The van der Waals surface area contributed by atoms with Gasteiger partial charge in [-0.15, -0.1) is 0 Å². The molecular formula is C19H28N2O2. The number of likely N-dealkylation sites (tertiary alicyclic amines) is 2. The van der Waals surface area contributed by atoms with Crippen LogP contribution in [0.1, 0.15) is 24.0 Å². The molecule has 0 aliphatic carbocycles. The second kappa shape index (κ2) is 7.45. The summed E-state index contributed by atoms with van der Waals surface area (Å²) in [6, 6.07) is 8.09. The molecule has 0 bridgehead atoms. The number of nitrogens with zero attached hydrogens (tertiary/aromatic N) is 2. The molecule has 4 heteroatoms. The average Bonchev–Trinajstić information content (AvgIpc) is 3.19. The Morgan fingerprint density at radius 2 is 1.87 bits per heavy atom. The Kier molecular flexibility index (Phi) is 5.34. The molecule has 2 fully saturated rings. The van der Waals surface area contributed by atoms with Gasteiger partial charge in [-0.25, -0.2) is 0 Å². The SMILES string of the molecule is Cc1ccccc1CC(=O)N1C[C@@H](CN2CCCC2)[C@@H](CO)C1. The summed E-state index contributed by atoms with van der Waals surface area (Å²) in [7, 11) is 0. The van der Waals surface area contributed by atoms with Gasteiger partial charge in [-0.1, -0.05) is 24.3 Å². The minimum atomic E-state index is 0.187. The minimum Gasteiger partial charge on any atom is -0.396 e. The highest BCUT2D eigenvalue weighted by molar-refractivity contribution is 5.79. The zero-order valence-corrected chi connectivity index (χ0v) is 14.1. The van der Waals surface area contributed by atoms with Gasteiger partial charge in [0.25, 0.3) is 0 Å². The maximum Gasteiger partial charge on any atom is 0.227 e. The number of amides is 1. The summed E-state index contributed by atoms with van der Waals surface area (Å²) in [6.07, 6.45) is 3.04. The van der Waals surface area contributed by atoms with E-state index >= 15 is 0 Å².